The quantitative estimate of drug-likeness (QED) is 0.718. The summed E-state index contributed by atoms with van der Waals surface area (Å²) in [4.78, 5) is 12.5. The van der Waals surface area contributed by atoms with E-state index in [0.29, 0.717) is 0 Å². The minimum absolute atomic E-state index is 0.0494. The van der Waals surface area contributed by atoms with Crippen LogP contribution in [0.25, 0.3) is 0 Å². The van der Waals surface area contributed by atoms with Crippen LogP contribution in [0.15, 0.2) is 12.2 Å². The highest BCUT2D eigenvalue weighted by molar-refractivity contribution is 5.83. The maximum atomic E-state index is 13.4. The van der Waals surface area contributed by atoms with Crippen LogP contribution in [0.2, 0.25) is 0 Å². The minimum Gasteiger partial charge on any atom is -0.392 e. The van der Waals surface area contributed by atoms with Gasteiger partial charge in [0.25, 0.3) is 5.91 Å². The molecule has 1 fully saturated rings. The number of rotatable bonds is 4. The molecule has 0 spiro atoms. The Bertz CT molecular complexity index is 275. The molecule has 6 heteroatoms. The van der Waals surface area contributed by atoms with E-state index in [1.807, 2.05) is 0 Å². The molecule has 16 heavy (non-hydrogen) atoms. The van der Waals surface area contributed by atoms with Crippen molar-refractivity contribution in [2.24, 2.45) is 0 Å². The third-order valence-corrected chi connectivity index (χ3v) is 2.31. The van der Waals surface area contributed by atoms with Crippen LogP contribution in [-0.4, -0.2) is 54.7 Å². The molecule has 0 atom stereocenters. The minimum atomic E-state index is -3.49. The van der Waals surface area contributed by atoms with E-state index in [4.69, 9.17) is 9.84 Å². The molecule has 0 aromatic rings. The van der Waals surface area contributed by atoms with Gasteiger partial charge in [-0.05, 0) is 5.57 Å². The number of ether oxygens (including phenoxy) is 1. The molecular weight excluding hydrogens is 220 g/mol. The van der Waals surface area contributed by atoms with Gasteiger partial charge in [-0.15, -0.1) is 0 Å². The lowest BCUT2D eigenvalue weighted by Crippen LogP contribution is -2.48. The lowest BCUT2D eigenvalue weighted by Gasteiger charge is -2.30. The van der Waals surface area contributed by atoms with Gasteiger partial charge in [0.15, 0.2) is 0 Å². The highest BCUT2D eigenvalue weighted by Gasteiger charge is 2.42. The zero-order valence-electron chi connectivity index (χ0n) is 8.92. The molecule has 1 aliphatic rings. The number of carbonyl (C=O) groups excluding carboxylic acids is 1. The number of aliphatic hydroxyl groups is 1. The predicted octanol–water partition coefficient (Wildman–Crippen LogP) is 0.419. The molecule has 1 rings (SSSR count). The van der Waals surface area contributed by atoms with E-state index < -0.39 is 24.9 Å². The van der Waals surface area contributed by atoms with Gasteiger partial charge in [0.1, 0.15) is 0 Å². The van der Waals surface area contributed by atoms with Crippen LogP contribution in [0.1, 0.15) is 6.42 Å². The Morgan fingerprint density at radius 1 is 1.44 bits per heavy atom. The fraction of sp³-hybridized carbons (Fsp3) is 0.700. The standard InChI is InChI=1S/C10H15F2NO3/c1-8(7-14)6-10(11,12)9(15)13-2-4-16-5-3-13/h14H,1-7H2. The number of hydrogen-bond acceptors (Lipinski definition) is 3. The number of aliphatic hydroxyl groups excluding tert-OH is 1. The number of hydrogen-bond donors (Lipinski definition) is 1. The second-order valence-electron chi connectivity index (χ2n) is 3.69. The molecule has 0 aliphatic carbocycles. The number of alkyl halides is 2. The molecule has 92 valence electrons. The smallest absolute Gasteiger partial charge is 0.328 e. The zero-order chi connectivity index (χ0) is 12.2. The van der Waals surface area contributed by atoms with Gasteiger partial charge >= 0.3 is 5.92 Å². The molecule has 0 radical (unpaired) electrons. The average molecular weight is 235 g/mol. The van der Waals surface area contributed by atoms with Gasteiger partial charge in [0, 0.05) is 19.5 Å². The first-order valence-electron chi connectivity index (χ1n) is 5.00. The highest BCUT2D eigenvalue weighted by Crippen LogP contribution is 2.25. The largest absolute Gasteiger partial charge is 0.392 e. The second-order valence-corrected chi connectivity index (χ2v) is 3.69. The third kappa shape index (κ3) is 3.24. The van der Waals surface area contributed by atoms with E-state index in [1.165, 1.54) is 0 Å². The molecule has 1 heterocycles. The van der Waals surface area contributed by atoms with Crippen molar-refractivity contribution in [3.8, 4) is 0 Å². The zero-order valence-corrected chi connectivity index (χ0v) is 8.92. The molecule has 0 saturated carbocycles. The van der Waals surface area contributed by atoms with Crippen LogP contribution in [0.3, 0.4) is 0 Å². The number of morpholine rings is 1. The van der Waals surface area contributed by atoms with Crippen molar-refractivity contribution in [2.75, 3.05) is 32.9 Å². The maximum absolute atomic E-state index is 13.4. The van der Waals surface area contributed by atoms with Crippen molar-refractivity contribution >= 4 is 5.91 Å². The van der Waals surface area contributed by atoms with E-state index in [1.54, 1.807) is 0 Å². The Balaban J connectivity index is 2.59. The predicted molar refractivity (Wildman–Crippen MR) is 53.2 cm³/mol. The summed E-state index contributed by atoms with van der Waals surface area (Å²) in [5, 5.41) is 8.61. The van der Waals surface area contributed by atoms with Gasteiger partial charge in [-0.2, -0.15) is 8.78 Å². The Hall–Kier alpha value is -1.01. The monoisotopic (exact) mass is 235 g/mol. The Morgan fingerprint density at radius 2 is 2.00 bits per heavy atom. The van der Waals surface area contributed by atoms with Gasteiger partial charge in [0.05, 0.1) is 19.8 Å². The maximum Gasteiger partial charge on any atom is 0.328 e. The molecular formula is C10H15F2NO3. The number of nitrogens with zero attached hydrogens (tertiary/aromatic N) is 1. The molecule has 0 aromatic heterocycles. The summed E-state index contributed by atoms with van der Waals surface area (Å²) in [6.45, 7) is 3.65. The summed E-state index contributed by atoms with van der Waals surface area (Å²) in [5.41, 5.74) is -0.0494. The summed E-state index contributed by atoms with van der Waals surface area (Å²) in [7, 11) is 0. The molecule has 1 amide bonds. The summed E-state index contributed by atoms with van der Waals surface area (Å²) < 4.78 is 31.8. The molecule has 0 unspecified atom stereocenters. The van der Waals surface area contributed by atoms with Crippen LogP contribution in [0.5, 0.6) is 0 Å². The summed E-state index contributed by atoms with van der Waals surface area (Å²) in [5.74, 6) is -4.71. The number of amides is 1. The van der Waals surface area contributed by atoms with Crippen LogP contribution < -0.4 is 0 Å². The van der Waals surface area contributed by atoms with Crippen LogP contribution >= 0.6 is 0 Å². The van der Waals surface area contributed by atoms with Gasteiger partial charge in [0.2, 0.25) is 0 Å². The van der Waals surface area contributed by atoms with E-state index in [9.17, 15) is 13.6 Å². The van der Waals surface area contributed by atoms with Crippen molar-refractivity contribution in [3.05, 3.63) is 12.2 Å². The molecule has 4 nitrogen and oxygen atoms in total. The topological polar surface area (TPSA) is 49.8 Å². The van der Waals surface area contributed by atoms with Gasteiger partial charge in [-0.1, -0.05) is 6.58 Å². The average Bonchev–Trinajstić information content (AvgIpc) is 2.28. The molecule has 1 N–H and O–H groups in total. The van der Waals surface area contributed by atoms with E-state index in [-0.39, 0.29) is 31.9 Å². The van der Waals surface area contributed by atoms with Crippen LogP contribution in [0, 0.1) is 0 Å². The lowest BCUT2D eigenvalue weighted by molar-refractivity contribution is -0.161. The van der Waals surface area contributed by atoms with E-state index >= 15 is 0 Å². The second kappa shape index (κ2) is 5.36. The molecule has 1 saturated heterocycles. The third-order valence-electron chi connectivity index (χ3n) is 2.31. The lowest BCUT2D eigenvalue weighted by atomic mass is 10.1. The highest BCUT2D eigenvalue weighted by atomic mass is 19.3. The van der Waals surface area contributed by atoms with Gasteiger partial charge in [-0.25, -0.2) is 0 Å². The van der Waals surface area contributed by atoms with Crippen molar-refractivity contribution in [3.63, 3.8) is 0 Å². The Morgan fingerprint density at radius 3 is 2.50 bits per heavy atom. The first-order chi connectivity index (χ1) is 7.47. The molecule has 0 bridgehead atoms. The molecule has 1 aliphatic heterocycles. The SMILES string of the molecule is C=C(CO)CC(F)(F)C(=O)N1CCOCC1. The van der Waals surface area contributed by atoms with Crippen LogP contribution in [-0.2, 0) is 9.53 Å². The molecule has 0 aromatic carbocycles. The first-order valence-corrected chi connectivity index (χ1v) is 5.00. The fourth-order valence-corrected chi connectivity index (χ4v) is 1.44. The number of carbonyl (C=O) groups is 1. The fourth-order valence-electron chi connectivity index (χ4n) is 1.44. The summed E-state index contributed by atoms with van der Waals surface area (Å²) >= 11 is 0. The van der Waals surface area contributed by atoms with Crippen molar-refractivity contribution in [1.82, 2.24) is 4.90 Å². The Labute approximate surface area is 92.5 Å². The van der Waals surface area contributed by atoms with Gasteiger partial charge in [-0.3, -0.25) is 4.79 Å². The van der Waals surface area contributed by atoms with E-state index in [2.05, 4.69) is 6.58 Å². The Kier molecular flexibility index (Phi) is 4.37. The number of halogens is 2. The normalized spacial score (nSPS) is 17.3. The summed E-state index contributed by atoms with van der Waals surface area (Å²) in [6.07, 6.45) is -0.806. The van der Waals surface area contributed by atoms with Crippen molar-refractivity contribution in [1.29, 1.82) is 0 Å². The van der Waals surface area contributed by atoms with Gasteiger partial charge < -0.3 is 14.7 Å². The van der Waals surface area contributed by atoms with Crippen molar-refractivity contribution < 1.29 is 23.4 Å². The first kappa shape index (κ1) is 13.1. The van der Waals surface area contributed by atoms with E-state index in [0.717, 1.165) is 4.90 Å². The summed E-state index contributed by atoms with van der Waals surface area (Å²) in [6, 6.07) is 0. The van der Waals surface area contributed by atoms with Crippen molar-refractivity contribution in [2.45, 2.75) is 12.3 Å². The van der Waals surface area contributed by atoms with Crippen LogP contribution in [0.4, 0.5) is 8.78 Å².